The molecule has 0 N–H and O–H groups in total. The van der Waals surface area contributed by atoms with Gasteiger partial charge in [-0.1, -0.05) is 27.7 Å². The highest BCUT2D eigenvalue weighted by Gasteiger charge is 2.43. The van der Waals surface area contributed by atoms with E-state index in [4.69, 9.17) is 0 Å². The second-order valence-electron chi connectivity index (χ2n) is 9.84. The van der Waals surface area contributed by atoms with Crippen molar-refractivity contribution in [1.29, 1.82) is 0 Å². The number of carbonyl (C=O) groups is 3. The number of esters is 3. The van der Waals surface area contributed by atoms with Crippen LogP contribution in [0.25, 0.3) is 0 Å². The Labute approximate surface area is 227 Å². The van der Waals surface area contributed by atoms with Crippen LogP contribution in [0.3, 0.4) is 0 Å². The predicted octanol–water partition coefficient (Wildman–Crippen LogP) is 7.53. The highest BCUT2D eigenvalue weighted by Crippen LogP contribution is 2.27. The van der Waals surface area contributed by atoms with Gasteiger partial charge in [-0.3, -0.25) is 14.4 Å². The second kappa shape index (κ2) is 17.5. The Morgan fingerprint density at radius 2 is 0.950 bits per heavy atom. The lowest BCUT2D eigenvalue weighted by Crippen LogP contribution is -2.36. The zero-order chi connectivity index (χ0) is 32.8. The van der Waals surface area contributed by atoms with Gasteiger partial charge in [0.1, 0.15) is 0 Å². The van der Waals surface area contributed by atoms with E-state index in [1.165, 1.54) is 20.8 Å². The highest BCUT2D eigenvalue weighted by molar-refractivity contribution is 5.76. The minimum Gasteiger partial charge on any atom is -0.459 e. The molecule has 40 heavy (non-hydrogen) atoms. The Morgan fingerprint density at radius 3 is 1.23 bits per heavy atom. The molecule has 16 heteroatoms. The van der Waals surface area contributed by atoms with Crippen LogP contribution in [0.4, 0.5) is 43.9 Å². The summed E-state index contributed by atoms with van der Waals surface area (Å²) in [6, 6.07) is 0. The molecule has 0 saturated heterocycles. The summed E-state index contributed by atoms with van der Waals surface area (Å²) in [5.74, 6) is -7.25. The first kappa shape index (κ1) is 42.2. The van der Waals surface area contributed by atoms with Gasteiger partial charge in [-0.15, -0.1) is 0 Å². The largest absolute Gasteiger partial charge is 0.459 e. The van der Waals surface area contributed by atoms with Gasteiger partial charge in [0.25, 0.3) is 0 Å². The van der Waals surface area contributed by atoms with Crippen molar-refractivity contribution >= 4 is 17.9 Å². The van der Waals surface area contributed by atoms with E-state index >= 15 is 0 Å². The first-order valence-corrected chi connectivity index (χ1v) is 12.0. The van der Waals surface area contributed by atoms with E-state index in [0.717, 1.165) is 0 Å². The molecule has 0 aliphatic heterocycles. The standard InChI is InChI=1S/C9H14F4O2.C8H13F3O2.C7H11F3O2/c1-4-8(2,3)7(14)15-5-9(12,13)6(10)11;1-4-7(2,3)6(12)13-5-8(9,10)11;1-3-5(2)6(11)12-4-7(8,9)10/h6H,4-5H2,1-3H3;4-5H2,1-3H3;5H,3-4H2,1-2H3. The maximum Gasteiger partial charge on any atom is 0.422 e. The third-order valence-corrected chi connectivity index (χ3v) is 5.35. The smallest absolute Gasteiger partial charge is 0.422 e. The van der Waals surface area contributed by atoms with Crippen molar-refractivity contribution in [3.8, 4) is 0 Å². The van der Waals surface area contributed by atoms with Crippen molar-refractivity contribution in [2.45, 2.75) is 99.4 Å². The number of alkyl halides is 10. The number of rotatable bonds is 11. The molecule has 0 aliphatic carbocycles. The Kier molecular flexibility index (Phi) is 18.5. The average Bonchev–Trinajstić information content (AvgIpc) is 2.83. The summed E-state index contributed by atoms with van der Waals surface area (Å²) >= 11 is 0. The van der Waals surface area contributed by atoms with Crippen LogP contribution >= 0.6 is 0 Å². The van der Waals surface area contributed by atoms with E-state index < -0.39 is 79.2 Å². The first-order chi connectivity index (χ1) is 17.7. The Balaban J connectivity index is -0.000000517. The van der Waals surface area contributed by atoms with Crippen LogP contribution in [0.15, 0.2) is 0 Å². The summed E-state index contributed by atoms with van der Waals surface area (Å²) in [6.07, 6.45) is -11.4. The van der Waals surface area contributed by atoms with Gasteiger partial charge >= 0.3 is 42.6 Å². The van der Waals surface area contributed by atoms with Crippen molar-refractivity contribution in [2.24, 2.45) is 16.7 Å². The molecule has 1 unspecified atom stereocenters. The van der Waals surface area contributed by atoms with Gasteiger partial charge < -0.3 is 14.2 Å². The maximum absolute atomic E-state index is 12.4. The zero-order valence-corrected chi connectivity index (χ0v) is 23.6. The van der Waals surface area contributed by atoms with Crippen LogP contribution in [0.2, 0.25) is 0 Å². The van der Waals surface area contributed by atoms with Crippen LogP contribution < -0.4 is 0 Å². The lowest BCUT2D eigenvalue weighted by atomic mass is 9.91. The van der Waals surface area contributed by atoms with E-state index in [1.807, 2.05) is 0 Å². The molecule has 0 heterocycles. The minimum atomic E-state index is -4.44. The van der Waals surface area contributed by atoms with Gasteiger partial charge in [-0.25, -0.2) is 8.78 Å². The Hall–Kier alpha value is -2.29. The topological polar surface area (TPSA) is 78.9 Å². The van der Waals surface area contributed by atoms with Crippen LogP contribution in [0.5, 0.6) is 0 Å². The molecule has 0 bridgehead atoms. The minimum absolute atomic E-state index is 0.381. The van der Waals surface area contributed by atoms with Gasteiger partial charge in [-0.2, -0.15) is 35.1 Å². The molecule has 0 aromatic rings. The third-order valence-electron chi connectivity index (χ3n) is 5.35. The maximum atomic E-state index is 12.4. The van der Waals surface area contributed by atoms with Crippen molar-refractivity contribution < 1.29 is 72.5 Å². The molecule has 6 nitrogen and oxygen atoms in total. The van der Waals surface area contributed by atoms with E-state index in [9.17, 15) is 58.3 Å². The molecular formula is C24H38F10O6. The molecule has 0 spiro atoms. The number of hydrogen-bond acceptors (Lipinski definition) is 6. The van der Waals surface area contributed by atoms with Crippen LogP contribution in [-0.2, 0) is 28.6 Å². The summed E-state index contributed by atoms with van der Waals surface area (Å²) in [4.78, 5) is 32.9. The SMILES string of the molecule is CCC(C)(C)C(=O)OCC(F)(F)C(F)F.CCC(C)(C)C(=O)OCC(F)(F)F.CCC(C)C(=O)OCC(F)(F)F. The molecule has 0 saturated carbocycles. The van der Waals surface area contributed by atoms with E-state index in [-0.39, 0.29) is 0 Å². The quantitative estimate of drug-likeness (QED) is 0.136. The molecule has 0 aromatic heterocycles. The van der Waals surface area contributed by atoms with Crippen LogP contribution in [0, 0.1) is 16.7 Å². The van der Waals surface area contributed by atoms with Gasteiger partial charge in [0.15, 0.2) is 19.8 Å². The number of carbonyl (C=O) groups excluding carboxylic acids is 3. The molecule has 0 rings (SSSR count). The lowest BCUT2D eigenvalue weighted by molar-refractivity contribution is -0.192. The third kappa shape index (κ3) is 20.6. The second-order valence-corrected chi connectivity index (χ2v) is 9.84. The molecular weight excluding hydrogens is 574 g/mol. The summed E-state index contributed by atoms with van der Waals surface area (Å²) in [7, 11) is 0. The molecule has 0 radical (unpaired) electrons. The van der Waals surface area contributed by atoms with Crippen LogP contribution in [0.1, 0.15) is 74.7 Å². The highest BCUT2D eigenvalue weighted by atomic mass is 19.4. The van der Waals surface area contributed by atoms with E-state index in [2.05, 4.69) is 14.2 Å². The number of halogens is 10. The zero-order valence-electron chi connectivity index (χ0n) is 23.6. The molecule has 0 aliphatic rings. The van der Waals surface area contributed by atoms with Gasteiger partial charge in [0.2, 0.25) is 0 Å². The normalized spacial score (nSPS) is 13.3. The molecule has 0 amide bonds. The van der Waals surface area contributed by atoms with Crippen molar-refractivity contribution in [3.63, 3.8) is 0 Å². The summed E-state index contributed by atoms with van der Waals surface area (Å²) < 4.78 is 130. The van der Waals surface area contributed by atoms with Crippen LogP contribution in [-0.4, -0.2) is 62.4 Å². The fraction of sp³-hybridized carbons (Fsp3) is 0.875. The molecule has 0 aromatic carbocycles. The van der Waals surface area contributed by atoms with Crippen molar-refractivity contribution in [1.82, 2.24) is 0 Å². The number of ether oxygens (including phenoxy) is 3. The fourth-order valence-corrected chi connectivity index (χ4v) is 1.51. The van der Waals surface area contributed by atoms with Gasteiger partial charge in [0, 0.05) is 0 Å². The Bertz CT molecular complexity index is 762. The fourth-order valence-electron chi connectivity index (χ4n) is 1.51. The Morgan fingerprint density at radius 1 is 0.625 bits per heavy atom. The van der Waals surface area contributed by atoms with E-state index in [0.29, 0.717) is 19.3 Å². The number of hydrogen-bond donors (Lipinski definition) is 0. The van der Waals surface area contributed by atoms with Gasteiger partial charge in [0.05, 0.1) is 16.7 Å². The summed E-state index contributed by atoms with van der Waals surface area (Å²) in [5.41, 5.74) is -1.77. The van der Waals surface area contributed by atoms with E-state index in [1.54, 1.807) is 34.6 Å². The summed E-state index contributed by atoms with van der Waals surface area (Å²) in [6.45, 7) is 8.14. The summed E-state index contributed by atoms with van der Waals surface area (Å²) in [5, 5.41) is 0. The monoisotopic (exact) mass is 612 g/mol. The van der Waals surface area contributed by atoms with Crippen molar-refractivity contribution in [3.05, 3.63) is 0 Å². The van der Waals surface area contributed by atoms with Crippen molar-refractivity contribution in [2.75, 3.05) is 19.8 Å². The first-order valence-electron chi connectivity index (χ1n) is 12.0. The average molecular weight is 613 g/mol. The molecule has 1 atom stereocenters. The molecule has 240 valence electrons. The predicted molar refractivity (Wildman–Crippen MR) is 124 cm³/mol. The molecule has 0 fully saturated rings. The lowest BCUT2D eigenvalue weighted by Gasteiger charge is -2.22. The van der Waals surface area contributed by atoms with Gasteiger partial charge in [-0.05, 0) is 47.0 Å².